The molecule has 0 aromatic heterocycles. The first-order valence-corrected chi connectivity index (χ1v) is 10.6. The number of amides is 1. The molecule has 3 atom stereocenters. The summed E-state index contributed by atoms with van der Waals surface area (Å²) in [4.78, 5) is 12.4. The number of nitrogens with zero attached hydrogens (tertiary/aromatic N) is 1. The number of hydrogen-bond donors (Lipinski definition) is 1. The lowest BCUT2D eigenvalue weighted by molar-refractivity contribution is -0.0440. The largest absolute Gasteiger partial charge is 0.373 e. The monoisotopic (exact) mass is 402 g/mol. The molecule has 2 rings (SSSR count). The molecule has 146 valence electrons. The van der Waals surface area contributed by atoms with Gasteiger partial charge in [0, 0.05) is 24.7 Å². The van der Waals surface area contributed by atoms with Gasteiger partial charge < -0.3 is 10.1 Å². The smallest absolute Gasteiger partial charge is 0.251 e. The zero-order chi connectivity index (χ0) is 19.6. The SMILES string of the molecule is CC1CN(S(=O)(=O)c2cc(C(=O)NC(C)C(C)C)ccc2Cl)CC(C)O1. The number of carbonyl (C=O) groups is 1. The summed E-state index contributed by atoms with van der Waals surface area (Å²) in [6.45, 7) is 10.1. The molecule has 0 radical (unpaired) electrons. The second-order valence-corrected chi connectivity index (χ2v) is 9.54. The summed E-state index contributed by atoms with van der Waals surface area (Å²) in [6.07, 6.45) is -0.406. The first kappa shape index (κ1) is 21.2. The van der Waals surface area contributed by atoms with Gasteiger partial charge in [0.05, 0.1) is 17.2 Å². The van der Waals surface area contributed by atoms with Crippen LogP contribution in [0.1, 0.15) is 45.0 Å². The summed E-state index contributed by atoms with van der Waals surface area (Å²) in [5.74, 6) is -0.0474. The molecular formula is C18H27ClN2O4S. The van der Waals surface area contributed by atoms with Crippen molar-refractivity contribution in [2.24, 2.45) is 5.92 Å². The molecule has 0 aliphatic carbocycles. The average Bonchev–Trinajstić information content (AvgIpc) is 2.53. The Morgan fingerprint density at radius 1 is 1.23 bits per heavy atom. The van der Waals surface area contributed by atoms with Crippen LogP contribution in [0.4, 0.5) is 0 Å². The van der Waals surface area contributed by atoms with Crippen molar-refractivity contribution < 1.29 is 17.9 Å². The van der Waals surface area contributed by atoms with Crippen LogP contribution in [-0.2, 0) is 14.8 Å². The van der Waals surface area contributed by atoms with Crippen LogP contribution in [0.5, 0.6) is 0 Å². The van der Waals surface area contributed by atoms with Crippen LogP contribution >= 0.6 is 11.6 Å². The van der Waals surface area contributed by atoms with Crippen molar-refractivity contribution in [3.05, 3.63) is 28.8 Å². The van der Waals surface area contributed by atoms with Gasteiger partial charge in [-0.25, -0.2) is 8.42 Å². The van der Waals surface area contributed by atoms with Gasteiger partial charge in [0.1, 0.15) is 4.90 Å². The molecule has 0 spiro atoms. The second-order valence-electron chi connectivity index (χ2n) is 7.23. The van der Waals surface area contributed by atoms with E-state index in [9.17, 15) is 13.2 Å². The zero-order valence-corrected chi connectivity index (χ0v) is 17.4. The van der Waals surface area contributed by atoms with Gasteiger partial charge in [-0.2, -0.15) is 4.31 Å². The summed E-state index contributed by atoms with van der Waals surface area (Å²) in [5.41, 5.74) is 0.273. The highest BCUT2D eigenvalue weighted by Crippen LogP contribution is 2.28. The van der Waals surface area contributed by atoms with E-state index in [1.54, 1.807) is 0 Å². The number of halogens is 1. The summed E-state index contributed by atoms with van der Waals surface area (Å²) in [7, 11) is -3.82. The van der Waals surface area contributed by atoms with Gasteiger partial charge in [0.2, 0.25) is 10.0 Å². The third-order valence-corrected chi connectivity index (χ3v) is 6.87. The molecule has 6 nitrogen and oxygen atoms in total. The minimum Gasteiger partial charge on any atom is -0.373 e. The van der Waals surface area contributed by atoms with E-state index in [1.807, 2.05) is 34.6 Å². The summed E-state index contributed by atoms with van der Waals surface area (Å²) >= 11 is 6.16. The van der Waals surface area contributed by atoms with E-state index in [2.05, 4.69) is 5.32 Å². The molecule has 1 aliphatic heterocycles. The van der Waals surface area contributed by atoms with E-state index < -0.39 is 10.0 Å². The number of nitrogens with one attached hydrogen (secondary N) is 1. The van der Waals surface area contributed by atoms with Crippen molar-refractivity contribution in [2.75, 3.05) is 13.1 Å². The Bertz CT molecular complexity index is 756. The molecule has 1 fully saturated rings. The number of benzene rings is 1. The number of hydrogen-bond acceptors (Lipinski definition) is 4. The van der Waals surface area contributed by atoms with Crippen molar-refractivity contribution in [3.8, 4) is 0 Å². The highest BCUT2D eigenvalue weighted by atomic mass is 35.5. The quantitative estimate of drug-likeness (QED) is 0.821. The lowest BCUT2D eigenvalue weighted by Crippen LogP contribution is -2.48. The lowest BCUT2D eigenvalue weighted by Gasteiger charge is -2.34. The number of carbonyl (C=O) groups excluding carboxylic acids is 1. The van der Waals surface area contributed by atoms with Crippen LogP contribution in [0.2, 0.25) is 5.02 Å². The first-order valence-electron chi connectivity index (χ1n) is 8.78. The van der Waals surface area contributed by atoms with Crippen LogP contribution in [0, 0.1) is 5.92 Å². The highest BCUT2D eigenvalue weighted by Gasteiger charge is 2.34. The Labute approximate surface area is 160 Å². The van der Waals surface area contributed by atoms with E-state index in [4.69, 9.17) is 16.3 Å². The van der Waals surface area contributed by atoms with Gasteiger partial charge in [0.15, 0.2) is 0 Å². The molecule has 1 aromatic carbocycles. The van der Waals surface area contributed by atoms with Crippen molar-refractivity contribution in [3.63, 3.8) is 0 Å². The van der Waals surface area contributed by atoms with Crippen molar-refractivity contribution in [1.29, 1.82) is 0 Å². The third kappa shape index (κ3) is 4.76. The van der Waals surface area contributed by atoms with Crippen LogP contribution < -0.4 is 5.32 Å². The van der Waals surface area contributed by atoms with Crippen LogP contribution in [0.25, 0.3) is 0 Å². The molecular weight excluding hydrogens is 376 g/mol. The molecule has 0 saturated carbocycles. The molecule has 8 heteroatoms. The van der Waals surface area contributed by atoms with Gasteiger partial charge in [-0.3, -0.25) is 4.79 Å². The zero-order valence-electron chi connectivity index (χ0n) is 15.8. The van der Waals surface area contributed by atoms with E-state index >= 15 is 0 Å². The van der Waals surface area contributed by atoms with E-state index in [-0.39, 0.29) is 58.6 Å². The van der Waals surface area contributed by atoms with Gasteiger partial charge in [-0.15, -0.1) is 0 Å². The first-order chi connectivity index (χ1) is 12.0. The van der Waals surface area contributed by atoms with Crippen molar-refractivity contribution in [2.45, 2.75) is 57.8 Å². The molecule has 0 bridgehead atoms. The fourth-order valence-corrected chi connectivity index (χ4v) is 4.86. The lowest BCUT2D eigenvalue weighted by atomic mass is 10.1. The van der Waals surface area contributed by atoms with Gasteiger partial charge in [-0.1, -0.05) is 25.4 Å². The van der Waals surface area contributed by atoms with Crippen LogP contribution in [0.3, 0.4) is 0 Å². The molecule has 1 aromatic rings. The molecule has 1 amide bonds. The Morgan fingerprint density at radius 2 is 1.81 bits per heavy atom. The maximum Gasteiger partial charge on any atom is 0.251 e. The predicted octanol–water partition coefficient (Wildman–Crippen LogP) is 2.91. The molecule has 1 N–H and O–H groups in total. The standard InChI is InChI=1S/C18H27ClN2O4S/c1-11(2)14(5)20-18(22)15-6-7-16(19)17(8-15)26(23,24)21-9-12(3)25-13(4)10-21/h6-8,11-14H,9-10H2,1-5H3,(H,20,22). The fourth-order valence-electron chi connectivity index (χ4n) is 2.77. The summed E-state index contributed by atoms with van der Waals surface area (Å²) < 4.78 is 33.1. The number of ether oxygens (including phenoxy) is 1. The number of rotatable bonds is 5. The predicted molar refractivity (Wildman–Crippen MR) is 102 cm³/mol. The Hall–Kier alpha value is -1.15. The van der Waals surface area contributed by atoms with Gasteiger partial charge >= 0.3 is 0 Å². The fraction of sp³-hybridized carbons (Fsp3) is 0.611. The summed E-state index contributed by atoms with van der Waals surface area (Å²) in [5, 5.41) is 2.98. The van der Waals surface area contributed by atoms with Gasteiger partial charge in [-0.05, 0) is 44.9 Å². The molecule has 3 unspecified atom stereocenters. The van der Waals surface area contributed by atoms with E-state index in [0.717, 1.165) is 0 Å². The molecule has 26 heavy (non-hydrogen) atoms. The molecule has 1 heterocycles. The van der Waals surface area contributed by atoms with Crippen molar-refractivity contribution >= 4 is 27.5 Å². The minimum atomic E-state index is -3.82. The second kappa shape index (κ2) is 8.25. The van der Waals surface area contributed by atoms with Crippen LogP contribution in [-0.4, -0.2) is 50.0 Å². The molecule has 1 saturated heterocycles. The van der Waals surface area contributed by atoms with E-state index in [1.165, 1.54) is 22.5 Å². The molecule has 1 aliphatic rings. The number of morpholine rings is 1. The Balaban J connectivity index is 2.32. The number of sulfonamides is 1. The van der Waals surface area contributed by atoms with E-state index in [0.29, 0.717) is 0 Å². The Kier molecular flexibility index (Phi) is 6.71. The maximum absolute atomic E-state index is 13.1. The normalized spacial score (nSPS) is 23.0. The van der Waals surface area contributed by atoms with Crippen molar-refractivity contribution in [1.82, 2.24) is 9.62 Å². The minimum absolute atomic E-state index is 0.0285. The summed E-state index contributed by atoms with van der Waals surface area (Å²) in [6, 6.07) is 4.31. The van der Waals surface area contributed by atoms with Gasteiger partial charge in [0.25, 0.3) is 5.91 Å². The topological polar surface area (TPSA) is 75.7 Å². The maximum atomic E-state index is 13.1. The average molecular weight is 403 g/mol. The van der Waals surface area contributed by atoms with Crippen LogP contribution in [0.15, 0.2) is 23.1 Å². The highest BCUT2D eigenvalue weighted by molar-refractivity contribution is 7.89. The Morgan fingerprint density at radius 3 is 2.35 bits per heavy atom. The third-order valence-electron chi connectivity index (χ3n) is 4.56.